The number of hydrogen-bond donors (Lipinski definition) is 2. The van der Waals surface area contributed by atoms with Crippen molar-refractivity contribution in [1.82, 2.24) is 5.32 Å². The van der Waals surface area contributed by atoms with Crippen LogP contribution in [-0.2, 0) is 14.3 Å². The minimum absolute atomic E-state index is 0.0504. The summed E-state index contributed by atoms with van der Waals surface area (Å²) < 4.78 is 5.17. The molecule has 3 aromatic rings. The Kier molecular flexibility index (Phi) is 7.73. The minimum Gasteiger partial charge on any atom is -0.454 e. The predicted octanol–water partition coefficient (Wildman–Crippen LogP) is 4.36. The Morgan fingerprint density at radius 2 is 1.50 bits per heavy atom. The summed E-state index contributed by atoms with van der Waals surface area (Å²) in [7, 11) is 0. The van der Waals surface area contributed by atoms with E-state index in [1.165, 1.54) is 12.1 Å². The highest BCUT2D eigenvalue weighted by molar-refractivity contribution is 6.36. The van der Waals surface area contributed by atoms with Gasteiger partial charge in [0.2, 0.25) is 0 Å². The van der Waals surface area contributed by atoms with Gasteiger partial charge in [-0.05, 0) is 37.1 Å². The number of ether oxygens (including phenoxy) is 1. The fourth-order valence-electron chi connectivity index (χ4n) is 4.14. The first-order valence-electron chi connectivity index (χ1n) is 11.9. The number of halogens is 1. The fraction of sp³-hybridized carbons (Fsp3) is 0.207. The molecule has 194 valence electrons. The molecule has 2 N–H and O–H groups in total. The molecule has 2 amide bonds. The van der Waals surface area contributed by atoms with E-state index in [1.807, 2.05) is 13.0 Å². The highest BCUT2D eigenvalue weighted by atomic mass is 35.5. The van der Waals surface area contributed by atoms with Crippen LogP contribution in [0.25, 0.3) is 0 Å². The van der Waals surface area contributed by atoms with Gasteiger partial charge in [0.15, 0.2) is 18.2 Å². The Morgan fingerprint density at radius 3 is 2.11 bits per heavy atom. The monoisotopic (exact) mass is 532 g/mol. The van der Waals surface area contributed by atoms with E-state index in [-0.39, 0.29) is 44.9 Å². The molecule has 1 unspecified atom stereocenters. The zero-order chi connectivity index (χ0) is 27.6. The van der Waals surface area contributed by atoms with E-state index in [9.17, 15) is 24.0 Å². The van der Waals surface area contributed by atoms with Crippen LogP contribution in [0.15, 0.2) is 60.7 Å². The first kappa shape index (κ1) is 26.8. The molecule has 0 heterocycles. The van der Waals surface area contributed by atoms with E-state index in [4.69, 9.17) is 16.3 Å². The Labute approximate surface area is 224 Å². The molecule has 38 heavy (non-hydrogen) atoms. The van der Waals surface area contributed by atoms with Crippen molar-refractivity contribution in [2.75, 3.05) is 11.9 Å². The molecule has 1 aliphatic rings. The maximum Gasteiger partial charge on any atom is 0.329 e. The quantitative estimate of drug-likeness (QED) is 0.341. The molecular formula is C29H25ClN2O6. The molecule has 0 aromatic heterocycles. The van der Waals surface area contributed by atoms with Crippen LogP contribution in [0.1, 0.15) is 61.6 Å². The number of rotatable bonds is 7. The van der Waals surface area contributed by atoms with Crippen molar-refractivity contribution in [2.24, 2.45) is 5.92 Å². The summed E-state index contributed by atoms with van der Waals surface area (Å²) in [6, 6.07) is 15.1. The normalized spacial score (nSPS) is 12.9. The molecular weight excluding hydrogens is 508 g/mol. The van der Waals surface area contributed by atoms with Gasteiger partial charge in [0.25, 0.3) is 11.8 Å². The van der Waals surface area contributed by atoms with E-state index < -0.39 is 30.4 Å². The van der Waals surface area contributed by atoms with Crippen molar-refractivity contribution in [3.63, 3.8) is 0 Å². The number of ketones is 2. The third-order valence-corrected chi connectivity index (χ3v) is 6.43. The Bertz CT molecular complexity index is 1480. The van der Waals surface area contributed by atoms with Crippen LogP contribution < -0.4 is 10.6 Å². The third-order valence-electron chi connectivity index (χ3n) is 6.12. The molecule has 0 radical (unpaired) electrons. The number of amides is 2. The smallest absolute Gasteiger partial charge is 0.329 e. The van der Waals surface area contributed by atoms with Crippen molar-refractivity contribution in [2.45, 2.75) is 26.8 Å². The van der Waals surface area contributed by atoms with Crippen molar-refractivity contribution >= 4 is 46.6 Å². The molecule has 1 aliphatic carbocycles. The van der Waals surface area contributed by atoms with Gasteiger partial charge >= 0.3 is 5.97 Å². The average molecular weight is 533 g/mol. The summed E-state index contributed by atoms with van der Waals surface area (Å²) in [5.41, 5.74) is 2.22. The fourth-order valence-corrected chi connectivity index (χ4v) is 4.35. The van der Waals surface area contributed by atoms with E-state index in [1.54, 1.807) is 56.3 Å². The molecule has 9 heteroatoms. The second-order valence-corrected chi connectivity index (χ2v) is 9.71. The van der Waals surface area contributed by atoms with Gasteiger partial charge in [-0.3, -0.25) is 19.2 Å². The maximum absolute atomic E-state index is 13.0. The van der Waals surface area contributed by atoms with Crippen LogP contribution in [0.3, 0.4) is 0 Å². The number of esters is 1. The molecule has 0 saturated heterocycles. The second-order valence-electron chi connectivity index (χ2n) is 9.30. The van der Waals surface area contributed by atoms with Crippen LogP contribution in [0.5, 0.6) is 0 Å². The summed E-state index contributed by atoms with van der Waals surface area (Å²) in [6.45, 7) is 4.69. The molecule has 1 atom stereocenters. The number of fused-ring (bicyclic) bond motifs is 2. The summed E-state index contributed by atoms with van der Waals surface area (Å²) in [5.74, 6) is -2.92. The highest BCUT2D eigenvalue weighted by Gasteiger charge is 2.31. The zero-order valence-corrected chi connectivity index (χ0v) is 21.7. The lowest BCUT2D eigenvalue weighted by Crippen LogP contribution is -2.46. The van der Waals surface area contributed by atoms with Crippen molar-refractivity contribution < 1.29 is 28.7 Å². The van der Waals surface area contributed by atoms with Gasteiger partial charge in [0, 0.05) is 27.8 Å². The van der Waals surface area contributed by atoms with Gasteiger partial charge < -0.3 is 15.4 Å². The number of carbonyl (C=O) groups excluding carboxylic acids is 5. The Morgan fingerprint density at radius 1 is 0.868 bits per heavy atom. The summed E-state index contributed by atoms with van der Waals surface area (Å²) >= 11 is 6.29. The predicted molar refractivity (Wildman–Crippen MR) is 142 cm³/mol. The van der Waals surface area contributed by atoms with Crippen LogP contribution in [-0.4, -0.2) is 42.0 Å². The van der Waals surface area contributed by atoms with Gasteiger partial charge in [0.05, 0.1) is 10.7 Å². The molecule has 8 nitrogen and oxygen atoms in total. The first-order valence-corrected chi connectivity index (χ1v) is 12.3. The largest absolute Gasteiger partial charge is 0.454 e. The molecule has 0 bridgehead atoms. The molecule has 0 saturated carbocycles. The third kappa shape index (κ3) is 5.50. The van der Waals surface area contributed by atoms with Crippen LogP contribution in [0, 0.1) is 12.8 Å². The Balaban J connectivity index is 1.42. The standard InChI is InChI=1S/C29H25ClN2O6/c1-15(2)25(32-28(36)17-8-6-7-16(3)11-17)29(37)38-14-24(33)31-23-13-21-20(12-22(23)30)26(34)18-9-4-5-10-19(18)27(21)35/h4-13,15,25H,14H2,1-3H3,(H,31,33)(H,32,36). The zero-order valence-electron chi connectivity index (χ0n) is 21.0. The van der Waals surface area contributed by atoms with Crippen LogP contribution in [0.2, 0.25) is 5.02 Å². The molecule has 0 spiro atoms. The van der Waals surface area contributed by atoms with Gasteiger partial charge in [-0.15, -0.1) is 0 Å². The average Bonchev–Trinajstić information content (AvgIpc) is 2.89. The van der Waals surface area contributed by atoms with Gasteiger partial charge in [-0.1, -0.05) is 67.4 Å². The number of hydrogen-bond acceptors (Lipinski definition) is 6. The van der Waals surface area contributed by atoms with Crippen molar-refractivity contribution in [1.29, 1.82) is 0 Å². The number of anilines is 1. The molecule has 0 aliphatic heterocycles. The topological polar surface area (TPSA) is 119 Å². The lowest BCUT2D eigenvalue weighted by Gasteiger charge is -2.21. The van der Waals surface area contributed by atoms with Crippen LogP contribution in [0.4, 0.5) is 5.69 Å². The van der Waals surface area contributed by atoms with E-state index in [0.29, 0.717) is 11.1 Å². The van der Waals surface area contributed by atoms with Gasteiger partial charge in [-0.25, -0.2) is 4.79 Å². The van der Waals surface area contributed by atoms with Crippen molar-refractivity contribution in [3.05, 3.63) is 99.1 Å². The Hall–Kier alpha value is -4.30. The van der Waals surface area contributed by atoms with E-state index in [0.717, 1.165) is 5.56 Å². The van der Waals surface area contributed by atoms with Crippen molar-refractivity contribution in [3.8, 4) is 0 Å². The van der Waals surface area contributed by atoms with Gasteiger partial charge in [0.1, 0.15) is 6.04 Å². The minimum atomic E-state index is -0.980. The first-order chi connectivity index (χ1) is 18.1. The summed E-state index contributed by atoms with van der Waals surface area (Å²) in [5, 5.41) is 5.23. The highest BCUT2D eigenvalue weighted by Crippen LogP contribution is 2.33. The second kappa shape index (κ2) is 11.0. The number of aryl methyl sites for hydroxylation is 1. The number of carbonyl (C=O) groups is 5. The lowest BCUT2D eigenvalue weighted by molar-refractivity contribution is -0.150. The summed E-state index contributed by atoms with van der Waals surface area (Å²) in [6.07, 6.45) is 0. The lowest BCUT2D eigenvalue weighted by atomic mass is 9.84. The molecule has 3 aromatic carbocycles. The molecule has 0 fully saturated rings. The number of nitrogens with one attached hydrogen (secondary N) is 2. The molecule has 4 rings (SSSR count). The van der Waals surface area contributed by atoms with Crippen LogP contribution >= 0.6 is 11.6 Å². The SMILES string of the molecule is Cc1cccc(C(=O)NC(C(=O)OCC(=O)Nc2cc3c(cc2Cl)C(=O)c2ccccc2C3=O)C(C)C)c1. The van der Waals surface area contributed by atoms with Gasteiger partial charge in [-0.2, -0.15) is 0 Å². The number of benzene rings is 3. The maximum atomic E-state index is 13.0. The van der Waals surface area contributed by atoms with E-state index in [2.05, 4.69) is 10.6 Å². The van der Waals surface area contributed by atoms with E-state index >= 15 is 0 Å². The summed E-state index contributed by atoms with van der Waals surface area (Å²) in [4.78, 5) is 63.7.